The fourth-order valence-corrected chi connectivity index (χ4v) is 1.96. The van der Waals surface area contributed by atoms with Gasteiger partial charge in [-0.3, -0.25) is 0 Å². The number of nitrogens with two attached hydrogens (primary N) is 2. The fourth-order valence-electron chi connectivity index (χ4n) is 1.96. The first-order chi connectivity index (χ1) is 13.5. The van der Waals surface area contributed by atoms with Gasteiger partial charge in [-0.1, -0.05) is 83.3 Å². The van der Waals surface area contributed by atoms with E-state index < -0.39 is 4.30 Å². The lowest BCUT2D eigenvalue weighted by molar-refractivity contribution is 0.562. The molecule has 0 heterocycles. The van der Waals surface area contributed by atoms with Crippen LogP contribution in [-0.2, 0) is 35.8 Å². The molecule has 28 heavy (non-hydrogen) atoms. The molecule has 2 rings (SSSR count). The molecule has 0 saturated carbocycles. The molecule has 0 aliphatic carbocycles. The lowest BCUT2D eigenvalue weighted by Gasteiger charge is -1.98. The van der Waals surface area contributed by atoms with Crippen LogP contribution in [0.4, 0.5) is 0 Å². The first-order valence-electron chi connectivity index (χ1n) is 8.02. The van der Waals surface area contributed by atoms with Gasteiger partial charge in [-0.15, -0.1) is 0 Å². The van der Waals surface area contributed by atoms with Gasteiger partial charge < -0.3 is 11.5 Å². The highest BCUT2D eigenvalue weighted by atomic mass is 35.6. The van der Waals surface area contributed by atoms with Gasteiger partial charge in [0, 0.05) is 13.1 Å². The first kappa shape index (κ1) is 26.0. The molecule has 0 saturated heterocycles. The number of isocyanates is 2. The average Bonchev–Trinajstić information content (AvgIpc) is 2.71. The van der Waals surface area contributed by atoms with Crippen LogP contribution in [-0.4, -0.2) is 16.5 Å². The Hall–Kier alpha value is -2.01. The Bertz CT molecular complexity index is 733. The van der Waals surface area contributed by atoms with Crippen LogP contribution in [0.25, 0.3) is 0 Å². The normalized spacial score (nSPS) is 9.07. The Morgan fingerprint density at radius 1 is 0.750 bits per heavy atom. The molecule has 150 valence electrons. The zero-order valence-corrected chi connectivity index (χ0v) is 17.3. The van der Waals surface area contributed by atoms with Crippen molar-refractivity contribution in [3.05, 3.63) is 70.8 Å². The van der Waals surface area contributed by atoms with Crippen molar-refractivity contribution in [2.45, 2.75) is 30.5 Å². The van der Waals surface area contributed by atoms with E-state index >= 15 is 0 Å². The maximum Gasteiger partial charge on any atom is 0.235 e. The first-order valence-corrected chi connectivity index (χ1v) is 9.33. The molecule has 0 spiro atoms. The van der Waals surface area contributed by atoms with Crippen molar-refractivity contribution >= 4 is 47.0 Å². The number of halogens is 3. The Morgan fingerprint density at radius 3 is 1.39 bits per heavy atom. The van der Waals surface area contributed by atoms with Crippen molar-refractivity contribution in [2.24, 2.45) is 21.5 Å². The van der Waals surface area contributed by atoms with Crippen LogP contribution in [0.5, 0.6) is 0 Å². The fraction of sp³-hybridized carbons (Fsp3) is 0.263. The van der Waals surface area contributed by atoms with E-state index in [4.69, 9.17) is 46.3 Å². The lowest BCUT2D eigenvalue weighted by atomic mass is 10.1. The van der Waals surface area contributed by atoms with Gasteiger partial charge in [0.2, 0.25) is 12.2 Å². The molecule has 0 aliphatic heterocycles. The van der Waals surface area contributed by atoms with E-state index in [1.807, 2.05) is 48.5 Å². The van der Waals surface area contributed by atoms with Gasteiger partial charge in [0.05, 0.1) is 13.1 Å². The summed E-state index contributed by atoms with van der Waals surface area (Å²) in [6, 6.07) is 15.3. The average molecular weight is 444 g/mol. The summed E-state index contributed by atoms with van der Waals surface area (Å²) in [6.45, 7) is 1.80. The molecule has 9 heteroatoms. The molecule has 0 radical (unpaired) electrons. The van der Waals surface area contributed by atoms with Crippen LogP contribution in [0.1, 0.15) is 22.3 Å². The minimum atomic E-state index is -0.750. The number of nitrogens with zero attached hydrogens (tertiary/aromatic N) is 2. The van der Waals surface area contributed by atoms with Gasteiger partial charge in [-0.2, -0.15) is 0 Å². The highest BCUT2D eigenvalue weighted by Gasteiger charge is 1.94. The third-order valence-corrected chi connectivity index (χ3v) is 3.11. The Balaban J connectivity index is 0.000000454. The van der Waals surface area contributed by atoms with Crippen molar-refractivity contribution in [1.82, 2.24) is 0 Å². The standard InChI is InChI=1S/C10H8N2O2.C8H12N2.CHCl3/c13-7-11-5-9-2-1-3-10(4-9)6-12-8-14;9-5-7-2-1-3-8(4-7)6-10;2-1(3)4/h1-4H,5-6H2;1-4H,5-6,9-10H2;1H. The lowest BCUT2D eigenvalue weighted by Crippen LogP contribution is -2.00. The molecule has 0 amide bonds. The number of hydrogen-bond donors (Lipinski definition) is 2. The quantitative estimate of drug-likeness (QED) is 0.400. The van der Waals surface area contributed by atoms with E-state index in [0.717, 1.165) is 22.3 Å². The molecule has 0 aliphatic rings. The van der Waals surface area contributed by atoms with Crippen LogP contribution in [0.2, 0.25) is 0 Å². The van der Waals surface area contributed by atoms with E-state index in [9.17, 15) is 9.59 Å². The summed E-state index contributed by atoms with van der Waals surface area (Å²) in [5.74, 6) is 0. The second-order valence-electron chi connectivity index (χ2n) is 5.11. The zero-order valence-electron chi connectivity index (χ0n) is 15.0. The largest absolute Gasteiger partial charge is 0.326 e. The summed E-state index contributed by atoms with van der Waals surface area (Å²) in [4.78, 5) is 26.6. The van der Waals surface area contributed by atoms with Crippen LogP contribution in [0.15, 0.2) is 58.5 Å². The summed E-state index contributed by atoms with van der Waals surface area (Å²) in [7, 11) is 0. The molecule has 2 aromatic carbocycles. The number of aliphatic imine (C=N–C) groups is 2. The highest BCUT2D eigenvalue weighted by molar-refractivity contribution is 6.63. The maximum absolute atomic E-state index is 9.87. The summed E-state index contributed by atoms with van der Waals surface area (Å²) in [5, 5.41) is 0. The Labute approximate surface area is 179 Å². The molecule has 4 N–H and O–H groups in total. The van der Waals surface area contributed by atoms with Crippen molar-refractivity contribution in [3.8, 4) is 0 Å². The number of benzene rings is 2. The van der Waals surface area contributed by atoms with Crippen LogP contribution < -0.4 is 11.5 Å². The molecule has 0 unspecified atom stereocenters. The van der Waals surface area contributed by atoms with Crippen molar-refractivity contribution in [2.75, 3.05) is 0 Å². The van der Waals surface area contributed by atoms with Crippen molar-refractivity contribution in [3.63, 3.8) is 0 Å². The summed E-state index contributed by atoms with van der Waals surface area (Å²) in [6.07, 6.45) is 2.94. The molecular formula is C19H21Cl3N4O2. The van der Waals surface area contributed by atoms with Crippen molar-refractivity contribution in [1.29, 1.82) is 0 Å². The predicted octanol–water partition coefficient (Wildman–Crippen LogP) is 3.95. The van der Waals surface area contributed by atoms with Crippen LogP contribution in [0, 0.1) is 0 Å². The third-order valence-electron chi connectivity index (χ3n) is 3.11. The molecule has 2 aromatic rings. The molecule has 0 atom stereocenters. The van der Waals surface area contributed by atoms with Gasteiger partial charge in [0.1, 0.15) is 0 Å². The second-order valence-corrected chi connectivity index (χ2v) is 7.09. The van der Waals surface area contributed by atoms with E-state index in [-0.39, 0.29) is 0 Å². The van der Waals surface area contributed by atoms with Gasteiger partial charge in [0.15, 0.2) is 4.30 Å². The molecule has 0 fully saturated rings. The molecule has 0 aromatic heterocycles. The molecule has 0 bridgehead atoms. The number of hydrogen-bond acceptors (Lipinski definition) is 6. The highest BCUT2D eigenvalue weighted by Crippen LogP contribution is 2.07. The van der Waals surface area contributed by atoms with Gasteiger partial charge >= 0.3 is 0 Å². The Kier molecular flexibility index (Phi) is 15.9. The minimum absolute atomic E-state index is 0.308. The van der Waals surface area contributed by atoms with Crippen molar-refractivity contribution < 1.29 is 9.59 Å². The third kappa shape index (κ3) is 14.1. The second kappa shape index (κ2) is 17.1. The van der Waals surface area contributed by atoms with E-state index in [0.29, 0.717) is 26.2 Å². The predicted molar refractivity (Wildman–Crippen MR) is 114 cm³/mol. The smallest absolute Gasteiger partial charge is 0.235 e. The maximum atomic E-state index is 9.87. The van der Waals surface area contributed by atoms with Crippen LogP contribution >= 0.6 is 34.8 Å². The summed E-state index contributed by atoms with van der Waals surface area (Å²) >= 11 is 14.4. The molecular weight excluding hydrogens is 423 g/mol. The summed E-state index contributed by atoms with van der Waals surface area (Å²) in [5.41, 5.74) is 14.9. The van der Waals surface area contributed by atoms with E-state index in [1.165, 1.54) is 12.2 Å². The zero-order chi connectivity index (χ0) is 21.2. The number of rotatable bonds is 6. The van der Waals surface area contributed by atoms with Gasteiger partial charge in [0.25, 0.3) is 0 Å². The monoisotopic (exact) mass is 442 g/mol. The summed E-state index contributed by atoms with van der Waals surface area (Å²) < 4.78 is -0.750. The van der Waals surface area contributed by atoms with Gasteiger partial charge in [-0.05, 0) is 22.3 Å². The SMILES string of the molecule is ClC(Cl)Cl.NCc1cccc(CN)c1.O=C=NCc1cccc(CN=C=O)c1. The number of alkyl halides is 3. The minimum Gasteiger partial charge on any atom is -0.326 e. The Morgan fingerprint density at radius 2 is 1.07 bits per heavy atom. The van der Waals surface area contributed by atoms with E-state index in [2.05, 4.69) is 9.98 Å². The van der Waals surface area contributed by atoms with E-state index in [1.54, 1.807) is 0 Å². The topological polar surface area (TPSA) is 111 Å². The molecule has 6 nitrogen and oxygen atoms in total. The van der Waals surface area contributed by atoms with Gasteiger partial charge in [-0.25, -0.2) is 19.6 Å². The van der Waals surface area contributed by atoms with Crippen LogP contribution in [0.3, 0.4) is 0 Å². The number of carbonyl (C=O) groups excluding carboxylic acids is 2.